The first kappa shape index (κ1) is 25.1. The van der Waals surface area contributed by atoms with Crippen LogP contribution in [-0.2, 0) is 14.3 Å². The minimum Gasteiger partial charge on any atom is -0.507 e. The number of pyridine rings is 1. The van der Waals surface area contributed by atoms with E-state index in [0.717, 1.165) is 17.8 Å². The van der Waals surface area contributed by atoms with Gasteiger partial charge in [-0.3, -0.25) is 19.5 Å². The maximum Gasteiger partial charge on any atom is 0.350 e. The number of anilines is 1. The number of thiazole rings is 1. The zero-order chi connectivity index (χ0) is 25.8. The number of hydrogen-bond donors (Lipinski definition) is 1. The van der Waals surface area contributed by atoms with Gasteiger partial charge in [0.15, 0.2) is 5.13 Å². The van der Waals surface area contributed by atoms with Crippen LogP contribution in [0.5, 0.6) is 5.75 Å². The molecular weight excluding hydrogens is 482 g/mol. The van der Waals surface area contributed by atoms with Gasteiger partial charge in [0.1, 0.15) is 16.4 Å². The maximum absolute atomic E-state index is 13.3. The second kappa shape index (κ2) is 10.7. The third kappa shape index (κ3) is 4.72. The van der Waals surface area contributed by atoms with Crippen LogP contribution < -0.4 is 9.64 Å². The molecule has 1 unspecified atom stereocenters. The summed E-state index contributed by atoms with van der Waals surface area (Å²) in [4.78, 5) is 48.8. The smallest absolute Gasteiger partial charge is 0.350 e. The van der Waals surface area contributed by atoms with Gasteiger partial charge in [-0.25, -0.2) is 9.78 Å². The van der Waals surface area contributed by atoms with Crippen LogP contribution in [0.2, 0.25) is 0 Å². The number of benzene rings is 1. The fraction of sp³-hybridized carbons (Fsp3) is 0.269. The molecule has 1 aromatic carbocycles. The summed E-state index contributed by atoms with van der Waals surface area (Å²) in [5.41, 5.74) is 1.14. The molecule has 186 valence electrons. The minimum absolute atomic E-state index is 0.0965. The topological polar surface area (TPSA) is 119 Å². The zero-order valence-electron chi connectivity index (χ0n) is 20.1. The SMILES string of the molecule is CCCOc1ccc(C(O)=C2C(=O)C(=O)N(c3nc(C)c(C(=O)OCC)s3)C2c2cccnc2)cc1. The van der Waals surface area contributed by atoms with Crippen molar-refractivity contribution < 1.29 is 29.0 Å². The van der Waals surface area contributed by atoms with Gasteiger partial charge in [0.05, 0.1) is 30.5 Å². The van der Waals surface area contributed by atoms with Crippen molar-refractivity contribution in [2.45, 2.75) is 33.2 Å². The highest BCUT2D eigenvalue weighted by Gasteiger charge is 2.48. The van der Waals surface area contributed by atoms with Gasteiger partial charge in [-0.05, 0) is 56.2 Å². The first-order chi connectivity index (χ1) is 17.4. The fourth-order valence-electron chi connectivity index (χ4n) is 3.84. The molecule has 1 aliphatic rings. The molecule has 0 spiro atoms. The van der Waals surface area contributed by atoms with E-state index in [-0.39, 0.29) is 27.9 Å². The van der Waals surface area contributed by atoms with Gasteiger partial charge >= 0.3 is 11.9 Å². The number of carbonyl (C=O) groups is 3. The van der Waals surface area contributed by atoms with Crippen LogP contribution in [0.4, 0.5) is 5.13 Å². The molecule has 9 nitrogen and oxygen atoms in total. The van der Waals surface area contributed by atoms with Crippen molar-refractivity contribution in [3.05, 3.63) is 76.1 Å². The number of ether oxygens (including phenoxy) is 2. The Balaban J connectivity index is 1.82. The molecule has 0 saturated carbocycles. The van der Waals surface area contributed by atoms with Gasteiger partial charge in [-0.1, -0.05) is 24.3 Å². The minimum atomic E-state index is -0.990. The van der Waals surface area contributed by atoms with E-state index in [1.165, 1.54) is 11.1 Å². The number of aliphatic hydroxyl groups excluding tert-OH is 1. The van der Waals surface area contributed by atoms with E-state index in [2.05, 4.69) is 9.97 Å². The molecule has 36 heavy (non-hydrogen) atoms. The summed E-state index contributed by atoms with van der Waals surface area (Å²) in [5.74, 6) is -1.98. The lowest BCUT2D eigenvalue weighted by Gasteiger charge is -2.22. The molecule has 1 atom stereocenters. The van der Waals surface area contributed by atoms with Crippen LogP contribution in [0.15, 0.2) is 54.4 Å². The number of Topliss-reactive ketones (excluding diaryl/α,β-unsaturated/α-hetero) is 1. The van der Waals surface area contributed by atoms with Crippen LogP contribution in [0.1, 0.15) is 52.8 Å². The molecule has 2 aromatic heterocycles. The zero-order valence-corrected chi connectivity index (χ0v) is 20.9. The van der Waals surface area contributed by atoms with Crippen LogP contribution in [0, 0.1) is 6.92 Å². The Hall–Kier alpha value is -4.05. The molecule has 0 bridgehead atoms. The highest BCUT2D eigenvalue weighted by atomic mass is 32.1. The summed E-state index contributed by atoms with van der Waals surface area (Å²) in [5, 5.41) is 11.4. The third-order valence-electron chi connectivity index (χ3n) is 5.50. The Morgan fingerprint density at radius 2 is 1.92 bits per heavy atom. The second-order valence-electron chi connectivity index (χ2n) is 7.96. The second-order valence-corrected chi connectivity index (χ2v) is 8.94. The third-order valence-corrected chi connectivity index (χ3v) is 6.63. The molecule has 0 radical (unpaired) electrons. The summed E-state index contributed by atoms with van der Waals surface area (Å²) in [7, 11) is 0. The van der Waals surface area contributed by atoms with Gasteiger partial charge in [-0.15, -0.1) is 0 Å². The lowest BCUT2D eigenvalue weighted by molar-refractivity contribution is -0.132. The van der Waals surface area contributed by atoms with Crippen LogP contribution in [0.3, 0.4) is 0 Å². The molecule has 1 N–H and O–H groups in total. The van der Waals surface area contributed by atoms with Gasteiger partial charge < -0.3 is 14.6 Å². The molecule has 1 saturated heterocycles. The number of esters is 1. The number of nitrogens with zero attached hydrogens (tertiary/aromatic N) is 3. The molecule has 0 aliphatic carbocycles. The molecule has 1 aliphatic heterocycles. The normalized spacial score (nSPS) is 16.9. The van der Waals surface area contributed by atoms with E-state index in [0.29, 0.717) is 29.2 Å². The molecule has 4 rings (SSSR count). The van der Waals surface area contributed by atoms with Crippen molar-refractivity contribution in [1.29, 1.82) is 0 Å². The predicted octanol–water partition coefficient (Wildman–Crippen LogP) is 4.44. The van der Waals surface area contributed by atoms with Crippen molar-refractivity contribution in [2.24, 2.45) is 0 Å². The summed E-state index contributed by atoms with van der Waals surface area (Å²) < 4.78 is 10.7. The quantitative estimate of drug-likeness (QED) is 0.206. The number of hydrogen-bond acceptors (Lipinski definition) is 9. The Kier molecular flexibility index (Phi) is 7.44. The van der Waals surface area contributed by atoms with Crippen LogP contribution in [0.25, 0.3) is 5.76 Å². The Bertz CT molecular complexity index is 1320. The monoisotopic (exact) mass is 507 g/mol. The van der Waals surface area contributed by atoms with Crippen molar-refractivity contribution in [3.8, 4) is 5.75 Å². The summed E-state index contributed by atoms with van der Waals surface area (Å²) in [6.45, 7) is 6.06. The van der Waals surface area contributed by atoms with Crippen LogP contribution in [-0.4, -0.2) is 45.9 Å². The number of ketones is 1. The largest absolute Gasteiger partial charge is 0.507 e. The first-order valence-electron chi connectivity index (χ1n) is 11.5. The highest BCUT2D eigenvalue weighted by Crippen LogP contribution is 2.43. The molecule has 3 heterocycles. The van der Waals surface area contributed by atoms with Gasteiger partial charge in [0.25, 0.3) is 5.78 Å². The fourth-order valence-corrected chi connectivity index (χ4v) is 4.83. The van der Waals surface area contributed by atoms with Crippen LogP contribution >= 0.6 is 11.3 Å². The lowest BCUT2D eigenvalue weighted by Crippen LogP contribution is -2.29. The predicted molar refractivity (Wildman–Crippen MR) is 134 cm³/mol. The molecule has 3 aromatic rings. The van der Waals surface area contributed by atoms with Gasteiger partial charge in [-0.2, -0.15) is 0 Å². The van der Waals surface area contributed by atoms with Gasteiger partial charge in [0.2, 0.25) is 0 Å². The Morgan fingerprint density at radius 3 is 2.56 bits per heavy atom. The Labute approximate surface area is 212 Å². The lowest BCUT2D eigenvalue weighted by atomic mass is 9.96. The number of aromatic nitrogens is 2. The van der Waals surface area contributed by atoms with E-state index in [4.69, 9.17) is 9.47 Å². The first-order valence-corrected chi connectivity index (χ1v) is 12.3. The average Bonchev–Trinajstić information content (AvgIpc) is 3.40. The molecule has 10 heteroatoms. The van der Waals surface area contributed by atoms with Crippen molar-refractivity contribution in [1.82, 2.24) is 9.97 Å². The maximum atomic E-state index is 13.3. The summed E-state index contributed by atoms with van der Waals surface area (Å²) >= 11 is 0.954. The average molecular weight is 508 g/mol. The standard InChI is InChI=1S/C26H25N3O6S/c1-4-13-35-18-10-8-16(9-11-18)21(30)19-20(17-7-6-12-27-14-17)29(24(32)22(19)31)26-28-15(3)23(36-26)25(33)34-5-2/h6-12,14,20,30H,4-5,13H2,1-3H3. The molecule has 1 amide bonds. The van der Waals surface area contributed by atoms with E-state index in [1.54, 1.807) is 56.4 Å². The Morgan fingerprint density at radius 1 is 1.17 bits per heavy atom. The molecule has 1 fully saturated rings. The van der Waals surface area contributed by atoms with Crippen molar-refractivity contribution >= 4 is 39.9 Å². The number of aryl methyl sites for hydroxylation is 1. The number of carbonyl (C=O) groups excluding carboxylic acids is 3. The van der Waals surface area contributed by atoms with Crippen molar-refractivity contribution in [3.63, 3.8) is 0 Å². The number of rotatable bonds is 8. The van der Waals surface area contributed by atoms with Crippen molar-refractivity contribution in [2.75, 3.05) is 18.1 Å². The summed E-state index contributed by atoms with van der Waals surface area (Å²) in [6.07, 6.45) is 3.94. The van der Waals surface area contributed by atoms with E-state index in [9.17, 15) is 19.5 Å². The number of amides is 1. The highest BCUT2D eigenvalue weighted by molar-refractivity contribution is 7.17. The van der Waals surface area contributed by atoms with E-state index in [1.807, 2.05) is 6.92 Å². The molecular formula is C26H25N3O6S. The van der Waals surface area contributed by atoms with Gasteiger partial charge in [0, 0.05) is 18.0 Å². The summed E-state index contributed by atoms with van der Waals surface area (Å²) in [6, 6.07) is 9.02. The number of aliphatic hydroxyl groups is 1. The van der Waals surface area contributed by atoms with E-state index >= 15 is 0 Å². The van der Waals surface area contributed by atoms with E-state index < -0.39 is 23.7 Å².